The summed E-state index contributed by atoms with van der Waals surface area (Å²) < 4.78 is 43.4. The van der Waals surface area contributed by atoms with Gasteiger partial charge in [0.25, 0.3) is 0 Å². The van der Waals surface area contributed by atoms with Crippen molar-refractivity contribution >= 4 is 44.6 Å². The van der Waals surface area contributed by atoms with Crippen LogP contribution in [0.1, 0.15) is 0 Å². The van der Waals surface area contributed by atoms with Crippen molar-refractivity contribution in [2.24, 2.45) is 0 Å². The second-order valence-electron chi connectivity index (χ2n) is 13.1. The first kappa shape index (κ1) is 33.2. The molecule has 0 N–H and O–H groups in total. The van der Waals surface area contributed by atoms with Crippen molar-refractivity contribution in [3.05, 3.63) is 194 Å². The van der Waals surface area contributed by atoms with Crippen LogP contribution in [-0.4, -0.2) is 15.0 Å². The molecule has 0 saturated heterocycles. The van der Waals surface area contributed by atoms with Gasteiger partial charge in [0.15, 0.2) is 24.6 Å². The maximum atomic E-state index is 15.8. The number of benzene rings is 8. The quantitative estimate of drug-likeness (QED) is 0.154. The summed E-state index contributed by atoms with van der Waals surface area (Å²) in [6.07, 6.45) is 0. The molecule has 0 radical (unpaired) electrons. The Kier molecular flexibility index (Phi) is 8.45. The van der Waals surface area contributed by atoms with Crippen LogP contribution in [0.4, 0.5) is 8.78 Å². The topological polar surface area (TPSA) is 55.7 Å². The molecule has 54 heavy (non-hydrogen) atoms. The van der Waals surface area contributed by atoms with Crippen LogP contribution in [0.3, 0.4) is 0 Å². The number of halogens is 2. The van der Waals surface area contributed by atoms with E-state index in [0.29, 0.717) is 28.6 Å². The van der Waals surface area contributed by atoms with Crippen LogP contribution in [0, 0.1) is 11.6 Å². The Morgan fingerprint density at radius 1 is 0.333 bits per heavy atom. The highest BCUT2D eigenvalue weighted by Gasteiger charge is 2.31. The number of nitrogens with zero attached hydrogens (tertiary/aromatic N) is 3. The van der Waals surface area contributed by atoms with Crippen LogP contribution in [-0.2, 0) is 4.57 Å². The smallest absolute Gasteiger partial charge is 0.171 e. The van der Waals surface area contributed by atoms with Gasteiger partial charge in [-0.25, -0.2) is 23.7 Å². The Morgan fingerprint density at radius 2 is 0.722 bits per heavy atom. The lowest BCUT2D eigenvalue weighted by Crippen LogP contribution is -2.25. The molecule has 1 heterocycles. The minimum Gasteiger partial charge on any atom is -0.309 e. The zero-order valence-corrected chi connectivity index (χ0v) is 29.7. The Morgan fingerprint density at radius 3 is 1.19 bits per heavy atom. The molecule has 0 bridgehead atoms. The highest BCUT2D eigenvalue weighted by Crippen LogP contribution is 2.44. The van der Waals surface area contributed by atoms with Gasteiger partial charge in [-0.3, -0.25) is 0 Å². The Hall–Kier alpha value is -6.62. The van der Waals surface area contributed by atoms with E-state index in [-0.39, 0.29) is 11.6 Å². The molecule has 0 fully saturated rings. The summed E-state index contributed by atoms with van der Waals surface area (Å²) in [6, 6.07) is 56.2. The summed E-state index contributed by atoms with van der Waals surface area (Å²) in [5.74, 6) is 0.430. The van der Waals surface area contributed by atoms with E-state index in [2.05, 4.69) is 41.4 Å². The van der Waals surface area contributed by atoms with Crippen LogP contribution < -0.4 is 15.9 Å². The number of rotatable bonds is 7. The fourth-order valence-electron chi connectivity index (χ4n) is 6.85. The molecule has 0 aliphatic rings. The third-order valence-electron chi connectivity index (χ3n) is 9.72. The van der Waals surface area contributed by atoms with Crippen molar-refractivity contribution in [2.45, 2.75) is 0 Å². The first-order valence-corrected chi connectivity index (χ1v) is 19.2. The molecule has 9 aromatic rings. The van der Waals surface area contributed by atoms with Gasteiger partial charge >= 0.3 is 0 Å². The van der Waals surface area contributed by atoms with E-state index in [9.17, 15) is 8.78 Å². The molecule has 4 nitrogen and oxygen atoms in total. The molecule has 1 aromatic heterocycles. The van der Waals surface area contributed by atoms with Crippen molar-refractivity contribution < 1.29 is 13.3 Å². The second-order valence-corrected chi connectivity index (χ2v) is 15.9. The Bertz CT molecular complexity index is 2730. The SMILES string of the molecule is O=P(c1cccc(-c2ccc(-c3nc(-c4ccc(F)cc4)nc(-c4ccc(F)cc4)n3)cc2)c1)(c1ccc2ccccc2c1)c1ccc2ccccc2c1. The summed E-state index contributed by atoms with van der Waals surface area (Å²) >= 11 is 0. The zero-order chi connectivity index (χ0) is 36.6. The Labute approximate surface area is 310 Å². The van der Waals surface area contributed by atoms with Crippen molar-refractivity contribution in [3.63, 3.8) is 0 Å². The molecule has 0 amide bonds. The van der Waals surface area contributed by atoms with Gasteiger partial charge < -0.3 is 4.57 Å². The van der Waals surface area contributed by atoms with Gasteiger partial charge in [0.2, 0.25) is 0 Å². The second kappa shape index (κ2) is 13.7. The molecule has 0 spiro atoms. The van der Waals surface area contributed by atoms with Gasteiger partial charge in [-0.05, 0) is 99.4 Å². The summed E-state index contributed by atoms with van der Waals surface area (Å²) in [5, 5.41) is 6.53. The molecular formula is C47H30F2N3OP. The molecule has 0 aliphatic heterocycles. The van der Waals surface area contributed by atoms with Crippen molar-refractivity contribution in [1.29, 1.82) is 0 Å². The van der Waals surface area contributed by atoms with E-state index < -0.39 is 7.14 Å². The van der Waals surface area contributed by atoms with E-state index in [1.54, 1.807) is 24.3 Å². The average molecular weight is 722 g/mol. The molecule has 258 valence electrons. The van der Waals surface area contributed by atoms with E-state index in [1.165, 1.54) is 24.3 Å². The lowest BCUT2D eigenvalue weighted by Gasteiger charge is -2.22. The summed E-state index contributed by atoms with van der Waals surface area (Å²) in [4.78, 5) is 14.1. The fraction of sp³-hybridized carbons (Fsp3) is 0. The van der Waals surface area contributed by atoms with E-state index in [1.807, 2.05) is 97.1 Å². The minimum absolute atomic E-state index is 0.364. The molecule has 9 rings (SSSR count). The predicted molar refractivity (Wildman–Crippen MR) is 216 cm³/mol. The standard InChI is InChI=1S/C47H30F2N3OP/c48-40-22-16-35(17-23-40)46-50-45(51-47(52-46)36-18-24-41(49)25-19-36)34-14-12-33(13-15-34)39-10-5-11-42(28-39)54(53,43-26-20-31-6-1-3-8-37(31)29-43)44-27-21-32-7-2-4-9-38(32)30-44/h1-30H. The molecule has 0 atom stereocenters. The highest BCUT2D eigenvalue weighted by atomic mass is 31.2. The molecule has 7 heteroatoms. The van der Waals surface area contributed by atoms with Crippen LogP contribution in [0.5, 0.6) is 0 Å². The molecule has 0 saturated carbocycles. The van der Waals surface area contributed by atoms with Crippen LogP contribution >= 0.6 is 7.14 Å². The van der Waals surface area contributed by atoms with E-state index in [0.717, 1.165) is 54.1 Å². The normalized spacial score (nSPS) is 11.6. The van der Waals surface area contributed by atoms with Gasteiger partial charge in [-0.2, -0.15) is 0 Å². The first-order chi connectivity index (χ1) is 26.4. The molecule has 0 aliphatic carbocycles. The number of aromatic nitrogens is 3. The lowest BCUT2D eigenvalue weighted by atomic mass is 10.0. The maximum Gasteiger partial charge on any atom is 0.171 e. The van der Waals surface area contributed by atoms with Gasteiger partial charge in [0.05, 0.1) is 0 Å². The summed E-state index contributed by atoms with van der Waals surface area (Å²) in [7, 11) is -3.34. The minimum atomic E-state index is -3.34. The van der Waals surface area contributed by atoms with Crippen molar-refractivity contribution in [3.8, 4) is 45.3 Å². The average Bonchev–Trinajstić information content (AvgIpc) is 3.23. The third kappa shape index (κ3) is 6.27. The van der Waals surface area contributed by atoms with Crippen LogP contribution in [0.15, 0.2) is 182 Å². The number of hydrogen-bond acceptors (Lipinski definition) is 4. The highest BCUT2D eigenvalue weighted by molar-refractivity contribution is 7.85. The fourth-order valence-corrected chi connectivity index (χ4v) is 9.57. The zero-order valence-electron chi connectivity index (χ0n) is 28.8. The van der Waals surface area contributed by atoms with Gasteiger partial charge in [0, 0.05) is 32.6 Å². The van der Waals surface area contributed by atoms with Crippen molar-refractivity contribution in [1.82, 2.24) is 15.0 Å². The largest absolute Gasteiger partial charge is 0.309 e. The molecule has 8 aromatic carbocycles. The predicted octanol–water partition coefficient (Wildman–Crippen LogP) is 10.8. The van der Waals surface area contributed by atoms with E-state index in [4.69, 9.17) is 9.97 Å². The number of fused-ring (bicyclic) bond motifs is 2. The lowest BCUT2D eigenvalue weighted by molar-refractivity contribution is 0.592. The number of hydrogen-bond donors (Lipinski definition) is 0. The maximum absolute atomic E-state index is 15.8. The summed E-state index contributed by atoms with van der Waals surface area (Å²) in [6.45, 7) is 0. The van der Waals surface area contributed by atoms with Gasteiger partial charge in [-0.15, -0.1) is 0 Å². The summed E-state index contributed by atoms with van der Waals surface area (Å²) in [5.41, 5.74) is 3.83. The van der Waals surface area contributed by atoms with Crippen LogP contribution in [0.25, 0.3) is 66.8 Å². The molecular weight excluding hydrogens is 692 g/mol. The van der Waals surface area contributed by atoms with Gasteiger partial charge in [0.1, 0.15) is 11.6 Å². The molecule has 0 unspecified atom stereocenters. The van der Waals surface area contributed by atoms with Crippen LogP contribution in [0.2, 0.25) is 0 Å². The van der Waals surface area contributed by atoms with Gasteiger partial charge in [-0.1, -0.05) is 115 Å². The third-order valence-corrected chi connectivity index (χ3v) is 12.7. The Balaban J connectivity index is 1.13. The first-order valence-electron chi connectivity index (χ1n) is 17.5. The monoisotopic (exact) mass is 721 g/mol. The van der Waals surface area contributed by atoms with Crippen molar-refractivity contribution in [2.75, 3.05) is 0 Å². The van der Waals surface area contributed by atoms with E-state index >= 15 is 4.57 Å².